The number of aromatic nitrogens is 3. The van der Waals surface area contributed by atoms with Gasteiger partial charge in [0.25, 0.3) is 0 Å². The molecular weight excluding hydrogens is 236 g/mol. The maximum absolute atomic E-state index is 10.8. The van der Waals surface area contributed by atoms with Crippen LogP contribution in [0.1, 0.15) is 6.42 Å². The molecule has 0 saturated carbocycles. The summed E-state index contributed by atoms with van der Waals surface area (Å²) in [6.07, 6.45) is 0.244. The van der Waals surface area contributed by atoms with Crippen molar-refractivity contribution >= 4 is 18.1 Å². The van der Waals surface area contributed by atoms with Crippen molar-refractivity contribution in [2.75, 3.05) is 0 Å². The second kappa shape index (κ2) is 4.92. The van der Waals surface area contributed by atoms with Gasteiger partial charge in [-0.3, -0.25) is 14.5 Å². The monoisotopic (exact) mass is 248 g/mol. The molecule has 0 saturated heterocycles. The minimum Gasteiger partial charge on any atom is -0.370 e. The first-order valence-electron chi connectivity index (χ1n) is 5.17. The number of nitrogens with one attached hydrogen (secondary N) is 1. The fourth-order valence-corrected chi connectivity index (χ4v) is 1.78. The van der Waals surface area contributed by atoms with Crippen molar-refractivity contribution in [1.82, 2.24) is 14.8 Å². The Hall–Kier alpha value is -1.95. The maximum atomic E-state index is 10.8. The van der Waals surface area contributed by atoms with E-state index in [0.29, 0.717) is 11.3 Å². The second-order valence-electron chi connectivity index (χ2n) is 3.59. The van der Waals surface area contributed by atoms with Gasteiger partial charge in [0.05, 0.1) is 0 Å². The maximum Gasteiger partial charge on any atom is 0.219 e. The highest BCUT2D eigenvalue weighted by molar-refractivity contribution is 7.71. The highest BCUT2D eigenvalue weighted by Crippen LogP contribution is 2.16. The smallest absolute Gasteiger partial charge is 0.219 e. The molecule has 1 aromatic carbocycles. The van der Waals surface area contributed by atoms with E-state index in [1.165, 1.54) is 0 Å². The summed E-state index contributed by atoms with van der Waals surface area (Å²) in [6, 6.07) is 9.65. The first kappa shape index (κ1) is 11.5. The van der Waals surface area contributed by atoms with E-state index in [1.807, 2.05) is 30.3 Å². The average Bonchev–Trinajstić information content (AvgIpc) is 2.69. The summed E-state index contributed by atoms with van der Waals surface area (Å²) in [5.41, 5.74) is 6.08. The third-order valence-electron chi connectivity index (χ3n) is 2.37. The van der Waals surface area contributed by atoms with Crippen molar-refractivity contribution in [3.63, 3.8) is 0 Å². The molecule has 17 heavy (non-hydrogen) atoms. The standard InChI is InChI=1S/C11H12N4OS/c12-9(16)6-7-15-10(13-14-11(15)17)8-4-2-1-3-5-8/h1-5H,6-7H2,(H2,12,16)(H,14,17). The van der Waals surface area contributed by atoms with E-state index in [-0.39, 0.29) is 12.3 Å². The van der Waals surface area contributed by atoms with Crippen molar-refractivity contribution in [2.24, 2.45) is 5.73 Å². The Bertz CT molecular complexity index is 573. The second-order valence-corrected chi connectivity index (χ2v) is 3.97. The summed E-state index contributed by atoms with van der Waals surface area (Å²) in [6.45, 7) is 0.439. The Labute approximate surface area is 103 Å². The molecule has 0 atom stereocenters. The summed E-state index contributed by atoms with van der Waals surface area (Å²) in [7, 11) is 0. The number of primary amides is 1. The Kier molecular flexibility index (Phi) is 3.34. The van der Waals surface area contributed by atoms with Crippen LogP contribution in [0, 0.1) is 4.77 Å². The Morgan fingerprint density at radius 2 is 2.12 bits per heavy atom. The molecule has 0 spiro atoms. The number of benzene rings is 1. The molecule has 1 aromatic heterocycles. The van der Waals surface area contributed by atoms with Crippen LogP contribution < -0.4 is 5.73 Å². The number of nitrogens with two attached hydrogens (primary N) is 1. The van der Waals surface area contributed by atoms with E-state index < -0.39 is 0 Å². The lowest BCUT2D eigenvalue weighted by atomic mass is 10.2. The number of hydrogen-bond acceptors (Lipinski definition) is 3. The summed E-state index contributed by atoms with van der Waals surface area (Å²) in [4.78, 5) is 10.8. The number of amides is 1. The fourth-order valence-electron chi connectivity index (χ4n) is 1.55. The Morgan fingerprint density at radius 3 is 2.76 bits per heavy atom. The van der Waals surface area contributed by atoms with Crippen LogP contribution in [-0.4, -0.2) is 20.7 Å². The first-order chi connectivity index (χ1) is 8.18. The molecule has 0 bridgehead atoms. The molecule has 5 nitrogen and oxygen atoms in total. The third kappa shape index (κ3) is 2.59. The van der Waals surface area contributed by atoms with Gasteiger partial charge >= 0.3 is 0 Å². The van der Waals surface area contributed by atoms with Gasteiger partial charge in [-0.15, -0.1) is 0 Å². The quantitative estimate of drug-likeness (QED) is 0.805. The highest BCUT2D eigenvalue weighted by atomic mass is 32.1. The van der Waals surface area contributed by atoms with Gasteiger partial charge in [0, 0.05) is 18.5 Å². The minimum absolute atomic E-state index is 0.244. The third-order valence-corrected chi connectivity index (χ3v) is 2.68. The first-order valence-corrected chi connectivity index (χ1v) is 5.58. The van der Waals surface area contributed by atoms with E-state index in [0.717, 1.165) is 11.4 Å². The summed E-state index contributed by atoms with van der Waals surface area (Å²) in [5, 5.41) is 6.88. The molecule has 0 radical (unpaired) electrons. The zero-order valence-corrected chi connectivity index (χ0v) is 9.91. The molecule has 1 amide bonds. The number of H-pyrrole nitrogens is 1. The van der Waals surface area contributed by atoms with Gasteiger partial charge in [-0.1, -0.05) is 30.3 Å². The molecule has 1 heterocycles. The zero-order valence-electron chi connectivity index (χ0n) is 9.09. The van der Waals surface area contributed by atoms with E-state index >= 15 is 0 Å². The number of hydrogen-bond donors (Lipinski definition) is 2. The number of carbonyl (C=O) groups excluding carboxylic acids is 1. The van der Waals surface area contributed by atoms with E-state index in [9.17, 15) is 4.79 Å². The van der Waals surface area contributed by atoms with Crippen LogP contribution in [0.4, 0.5) is 0 Å². The molecule has 3 N–H and O–H groups in total. The van der Waals surface area contributed by atoms with Crippen molar-refractivity contribution in [3.8, 4) is 11.4 Å². The molecule has 0 fully saturated rings. The Morgan fingerprint density at radius 1 is 1.41 bits per heavy atom. The van der Waals surface area contributed by atoms with Crippen LogP contribution in [0.2, 0.25) is 0 Å². The van der Waals surface area contributed by atoms with Gasteiger partial charge in [-0.05, 0) is 12.2 Å². The van der Waals surface area contributed by atoms with Crippen LogP contribution in [0.25, 0.3) is 11.4 Å². The van der Waals surface area contributed by atoms with Crippen LogP contribution in [0.5, 0.6) is 0 Å². The molecule has 0 aliphatic carbocycles. The van der Waals surface area contributed by atoms with Crippen LogP contribution >= 0.6 is 12.2 Å². The molecule has 6 heteroatoms. The summed E-state index contributed by atoms with van der Waals surface area (Å²) >= 11 is 5.12. The van der Waals surface area contributed by atoms with Crippen molar-refractivity contribution in [1.29, 1.82) is 0 Å². The highest BCUT2D eigenvalue weighted by Gasteiger charge is 2.08. The molecule has 0 aliphatic heterocycles. The van der Waals surface area contributed by atoms with E-state index in [1.54, 1.807) is 4.57 Å². The molecule has 0 aliphatic rings. The largest absolute Gasteiger partial charge is 0.370 e. The van der Waals surface area contributed by atoms with Gasteiger partial charge in [-0.25, -0.2) is 0 Å². The van der Waals surface area contributed by atoms with E-state index in [4.69, 9.17) is 18.0 Å². The lowest BCUT2D eigenvalue weighted by molar-refractivity contribution is -0.118. The van der Waals surface area contributed by atoms with Gasteiger partial charge in [0.15, 0.2) is 10.6 Å². The predicted octanol–water partition coefficient (Wildman–Crippen LogP) is 1.48. The van der Waals surface area contributed by atoms with Crippen LogP contribution in [-0.2, 0) is 11.3 Å². The normalized spacial score (nSPS) is 10.4. The van der Waals surface area contributed by atoms with Crippen LogP contribution in [0.3, 0.4) is 0 Å². The number of aromatic amines is 1. The minimum atomic E-state index is -0.355. The number of nitrogens with zero attached hydrogens (tertiary/aromatic N) is 2. The molecule has 2 aromatic rings. The van der Waals surface area contributed by atoms with Crippen LogP contribution in [0.15, 0.2) is 30.3 Å². The number of carbonyl (C=O) groups is 1. The molecular formula is C11H12N4OS. The predicted molar refractivity (Wildman–Crippen MR) is 66.7 cm³/mol. The lowest BCUT2D eigenvalue weighted by Crippen LogP contribution is -2.14. The number of rotatable bonds is 4. The van der Waals surface area contributed by atoms with Gasteiger partial charge in [-0.2, -0.15) is 5.10 Å². The summed E-state index contributed by atoms with van der Waals surface area (Å²) in [5.74, 6) is 0.365. The van der Waals surface area contributed by atoms with Crippen molar-refractivity contribution < 1.29 is 4.79 Å². The van der Waals surface area contributed by atoms with Crippen molar-refractivity contribution in [3.05, 3.63) is 35.1 Å². The average molecular weight is 248 g/mol. The SMILES string of the molecule is NC(=O)CCn1c(-c2ccccc2)n[nH]c1=S. The van der Waals surface area contributed by atoms with E-state index in [2.05, 4.69) is 10.2 Å². The molecule has 2 rings (SSSR count). The molecule has 0 unspecified atom stereocenters. The summed E-state index contributed by atoms with van der Waals surface area (Å²) < 4.78 is 2.26. The zero-order chi connectivity index (χ0) is 12.3. The molecule has 88 valence electrons. The topological polar surface area (TPSA) is 76.7 Å². The van der Waals surface area contributed by atoms with Gasteiger partial charge in [0.2, 0.25) is 5.91 Å². The lowest BCUT2D eigenvalue weighted by Gasteiger charge is -2.04. The van der Waals surface area contributed by atoms with Crippen molar-refractivity contribution in [2.45, 2.75) is 13.0 Å². The van der Waals surface area contributed by atoms with Gasteiger partial charge in [0.1, 0.15) is 0 Å². The van der Waals surface area contributed by atoms with Gasteiger partial charge < -0.3 is 5.73 Å². The Balaban J connectivity index is 2.36. The fraction of sp³-hybridized carbons (Fsp3) is 0.182.